The number of hydrogen-bond donors (Lipinski definition) is 1. The van der Waals surface area contributed by atoms with Crippen LogP contribution in [0, 0.1) is 0 Å². The fourth-order valence-corrected chi connectivity index (χ4v) is 3.77. The molecular formula is C15H20N4O3S. The second-order valence-electron chi connectivity index (χ2n) is 6.23. The maximum Gasteiger partial charge on any atom is 0.332 e. The quantitative estimate of drug-likeness (QED) is 0.911. The molecule has 1 N–H and O–H groups in total. The maximum atomic E-state index is 12.6. The molecule has 3 rings (SSSR count). The lowest BCUT2D eigenvalue weighted by Gasteiger charge is -2.15. The first kappa shape index (κ1) is 15.9. The van der Waals surface area contributed by atoms with Crippen LogP contribution in [-0.4, -0.2) is 25.5 Å². The molecular weight excluding hydrogens is 316 g/mol. The lowest BCUT2D eigenvalue weighted by atomic mass is 10.2. The van der Waals surface area contributed by atoms with Crippen molar-refractivity contribution in [2.75, 3.05) is 0 Å². The van der Waals surface area contributed by atoms with E-state index in [0.717, 1.165) is 41.8 Å². The Morgan fingerprint density at radius 2 is 2.09 bits per heavy atom. The van der Waals surface area contributed by atoms with Gasteiger partial charge in [-0.25, -0.2) is 4.79 Å². The van der Waals surface area contributed by atoms with E-state index < -0.39 is 11.2 Å². The van der Waals surface area contributed by atoms with Gasteiger partial charge >= 0.3 is 5.69 Å². The Morgan fingerprint density at radius 3 is 2.74 bits per heavy atom. The molecule has 1 saturated carbocycles. The zero-order valence-corrected chi connectivity index (χ0v) is 14.1. The molecule has 1 fully saturated rings. The number of rotatable bonds is 4. The van der Waals surface area contributed by atoms with Crippen molar-refractivity contribution < 1.29 is 4.79 Å². The Hall–Kier alpha value is -1.96. The zero-order chi connectivity index (χ0) is 16.6. The zero-order valence-electron chi connectivity index (χ0n) is 13.2. The molecule has 23 heavy (non-hydrogen) atoms. The van der Waals surface area contributed by atoms with Gasteiger partial charge in [-0.3, -0.25) is 18.7 Å². The monoisotopic (exact) mass is 336 g/mol. The Bertz CT molecular complexity index is 843. The Morgan fingerprint density at radius 1 is 1.39 bits per heavy atom. The topological polar surface area (TPSA) is 86.0 Å². The fraction of sp³-hybridized carbons (Fsp3) is 0.600. The van der Waals surface area contributed by atoms with Gasteiger partial charge in [0.05, 0.1) is 5.52 Å². The number of fused-ring (bicyclic) bond motifs is 1. The highest BCUT2D eigenvalue weighted by molar-refractivity contribution is 7.04. The van der Waals surface area contributed by atoms with E-state index in [4.69, 9.17) is 0 Å². The third-order valence-corrected chi connectivity index (χ3v) is 4.86. The van der Waals surface area contributed by atoms with Crippen molar-refractivity contribution in [3.63, 3.8) is 0 Å². The molecule has 0 radical (unpaired) electrons. The second-order valence-corrected chi connectivity index (χ2v) is 6.86. The first-order valence-electron chi connectivity index (χ1n) is 7.88. The normalized spacial score (nSPS) is 15.6. The lowest BCUT2D eigenvalue weighted by molar-refractivity contribution is -0.122. The molecule has 1 amide bonds. The highest BCUT2D eigenvalue weighted by Gasteiger charge is 2.21. The number of nitrogens with zero attached hydrogens (tertiary/aromatic N) is 3. The van der Waals surface area contributed by atoms with Crippen LogP contribution in [0.5, 0.6) is 0 Å². The van der Waals surface area contributed by atoms with Gasteiger partial charge in [-0.05, 0) is 38.2 Å². The second kappa shape index (κ2) is 6.27. The minimum absolute atomic E-state index is 0.0861. The largest absolute Gasteiger partial charge is 0.352 e. The summed E-state index contributed by atoms with van der Waals surface area (Å²) < 4.78 is 6.60. The maximum absolute atomic E-state index is 12.6. The van der Waals surface area contributed by atoms with Gasteiger partial charge in [-0.1, -0.05) is 12.8 Å². The SMILES string of the molecule is CC(C)n1c(=O)c2nscc2n(CC(=O)NC2CCCC2)c1=O. The number of carbonyl (C=O) groups excluding carboxylic acids is 1. The van der Waals surface area contributed by atoms with E-state index in [1.165, 1.54) is 4.57 Å². The summed E-state index contributed by atoms with van der Waals surface area (Å²) in [5, 5.41) is 4.62. The molecule has 0 atom stereocenters. The summed E-state index contributed by atoms with van der Waals surface area (Å²) >= 11 is 1.12. The van der Waals surface area contributed by atoms with Crippen LogP contribution in [0.1, 0.15) is 45.6 Å². The van der Waals surface area contributed by atoms with Gasteiger partial charge < -0.3 is 5.32 Å². The summed E-state index contributed by atoms with van der Waals surface area (Å²) in [5.41, 5.74) is -0.173. The standard InChI is InChI=1S/C15H20N4O3S/c1-9(2)19-14(21)13-11(8-23-17-13)18(15(19)22)7-12(20)16-10-5-3-4-6-10/h8-10H,3-7H2,1-2H3,(H,16,20). The number of amides is 1. The third kappa shape index (κ3) is 2.95. The van der Waals surface area contributed by atoms with Crippen molar-refractivity contribution in [3.8, 4) is 0 Å². The van der Waals surface area contributed by atoms with Crippen molar-refractivity contribution in [1.29, 1.82) is 0 Å². The summed E-state index contributed by atoms with van der Waals surface area (Å²) in [5.74, 6) is -0.194. The minimum atomic E-state index is -0.459. The predicted molar refractivity (Wildman–Crippen MR) is 88.9 cm³/mol. The molecule has 1 aliphatic carbocycles. The third-order valence-electron chi connectivity index (χ3n) is 4.24. The number of nitrogens with one attached hydrogen (secondary N) is 1. The summed E-state index contributed by atoms with van der Waals surface area (Å²) in [7, 11) is 0. The van der Waals surface area contributed by atoms with Crippen LogP contribution in [0.15, 0.2) is 15.0 Å². The predicted octanol–water partition coefficient (Wildman–Crippen LogP) is 1.26. The first-order chi connectivity index (χ1) is 11.0. The molecule has 0 aromatic carbocycles. The van der Waals surface area contributed by atoms with Crippen LogP contribution in [0.3, 0.4) is 0 Å². The van der Waals surface area contributed by atoms with Crippen molar-refractivity contribution in [2.45, 2.75) is 58.2 Å². The molecule has 2 aromatic heterocycles. The van der Waals surface area contributed by atoms with Crippen molar-refractivity contribution >= 4 is 28.5 Å². The molecule has 0 unspecified atom stereocenters. The summed E-state index contributed by atoms with van der Waals surface area (Å²) in [6, 6.07) is -0.0875. The van der Waals surface area contributed by atoms with Gasteiger partial charge in [0.25, 0.3) is 5.56 Å². The van der Waals surface area contributed by atoms with Crippen LogP contribution in [0.4, 0.5) is 0 Å². The number of carbonyl (C=O) groups is 1. The number of hydrogen-bond acceptors (Lipinski definition) is 5. The molecule has 2 aromatic rings. The molecule has 0 spiro atoms. The summed E-state index contributed by atoms with van der Waals surface area (Å²) in [4.78, 5) is 37.3. The average molecular weight is 336 g/mol. The van der Waals surface area contributed by atoms with Crippen molar-refractivity contribution in [1.82, 2.24) is 18.8 Å². The minimum Gasteiger partial charge on any atom is -0.352 e. The highest BCUT2D eigenvalue weighted by Crippen LogP contribution is 2.17. The molecule has 7 nitrogen and oxygen atoms in total. The van der Waals surface area contributed by atoms with Crippen LogP contribution in [-0.2, 0) is 11.3 Å². The molecule has 0 aliphatic heterocycles. The fourth-order valence-electron chi connectivity index (χ4n) is 3.10. The van der Waals surface area contributed by atoms with E-state index in [0.29, 0.717) is 5.52 Å². The Labute approximate surface area is 137 Å². The smallest absolute Gasteiger partial charge is 0.332 e. The van der Waals surface area contributed by atoms with Gasteiger partial charge in [0.15, 0.2) is 5.52 Å². The van der Waals surface area contributed by atoms with Gasteiger partial charge in [0.2, 0.25) is 5.91 Å². The molecule has 8 heteroatoms. The number of aromatic nitrogens is 3. The first-order valence-corrected chi connectivity index (χ1v) is 8.71. The molecule has 0 saturated heterocycles. The van der Waals surface area contributed by atoms with Crippen LogP contribution in [0.25, 0.3) is 11.0 Å². The molecule has 1 aliphatic rings. The van der Waals surface area contributed by atoms with Gasteiger partial charge in [-0.2, -0.15) is 4.37 Å². The van der Waals surface area contributed by atoms with E-state index in [-0.39, 0.29) is 30.1 Å². The van der Waals surface area contributed by atoms with Crippen molar-refractivity contribution in [2.24, 2.45) is 0 Å². The van der Waals surface area contributed by atoms with E-state index in [9.17, 15) is 14.4 Å². The lowest BCUT2D eigenvalue weighted by Crippen LogP contribution is -2.44. The Kier molecular flexibility index (Phi) is 4.34. The average Bonchev–Trinajstić information content (AvgIpc) is 3.14. The van der Waals surface area contributed by atoms with Gasteiger partial charge in [0.1, 0.15) is 6.54 Å². The van der Waals surface area contributed by atoms with Gasteiger partial charge in [0, 0.05) is 17.5 Å². The molecule has 2 heterocycles. The summed E-state index contributed by atoms with van der Waals surface area (Å²) in [6.45, 7) is 3.45. The highest BCUT2D eigenvalue weighted by atomic mass is 32.1. The van der Waals surface area contributed by atoms with Crippen LogP contribution in [0.2, 0.25) is 0 Å². The van der Waals surface area contributed by atoms with Crippen molar-refractivity contribution in [3.05, 3.63) is 26.2 Å². The van der Waals surface area contributed by atoms with Crippen LogP contribution < -0.4 is 16.6 Å². The van der Waals surface area contributed by atoms with E-state index >= 15 is 0 Å². The van der Waals surface area contributed by atoms with E-state index in [1.54, 1.807) is 19.2 Å². The van der Waals surface area contributed by atoms with E-state index in [1.807, 2.05) is 0 Å². The van der Waals surface area contributed by atoms with Gasteiger partial charge in [-0.15, -0.1) is 0 Å². The molecule has 0 bridgehead atoms. The Balaban J connectivity index is 1.99. The van der Waals surface area contributed by atoms with Crippen LogP contribution >= 0.6 is 11.5 Å². The summed E-state index contributed by atoms with van der Waals surface area (Å²) in [6.07, 6.45) is 4.23. The van der Waals surface area contributed by atoms with E-state index in [2.05, 4.69) is 9.69 Å². The molecule has 124 valence electrons.